The van der Waals surface area contributed by atoms with Crippen LogP contribution in [0, 0.1) is 6.92 Å². The Kier molecular flexibility index (Phi) is 3.05. The average Bonchev–Trinajstić information content (AvgIpc) is 2.97. The third kappa shape index (κ3) is 2.13. The van der Waals surface area contributed by atoms with Gasteiger partial charge in [0.25, 0.3) is 0 Å². The molecule has 96 valence electrons. The molecule has 18 heavy (non-hydrogen) atoms. The van der Waals surface area contributed by atoms with E-state index in [1.165, 1.54) is 0 Å². The fourth-order valence-electron chi connectivity index (χ4n) is 2.24. The fourth-order valence-corrected chi connectivity index (χ4v) is 3.12. The minimum Gasteiger partial charge on any atom is -0.346 e. The van der Waals surface area contributed by atoms with Crippen molar-refractivity contribution in [2.45, 2.75) is 6.92 Å². The summed E-state index contributed by atoms with van der Waals surface area (Å²) in [6.45, 7) is 6.19. The van der Waals surface area contributed by atoms with Crippen molar-refractivity contribution in [3.63, 3.8) is 0 Å². The SMILES string of the molecule is Cc1nn(C)cc1-c1csc(N2CCNCC2)n1. The molecule has 0 saturated carbocycles. The molecule has 1 aliphatic rings. The molecule has 0 unspecified atom stereocenters. The van der Waals surface area contributed by atoms with Crippen LogP contribution in [0.15, 0.2) is 11.6 Å². The van der Waals surface area contributed by atoms with Gasteiger partial charge in [0.2, 0.25) is 0 Å². The zero-order valence-electron chi connectivity index (χ0n) is 10.7. The molecule has 0 atom stereocenters. The Balaban J connectivity index is 1.86. The predicted octanol–water partition coefficient (Wildman–Crippen LogP) is 1.26. The normalized spacial score (nSPS) is 16.2. The summed E-state index contributed by atoms with van der Waals surface area (Å²) in [4.78, 5) is 7.09. The molecule has 1 saturated heterocycles. The maximum atomic E-state index is 4.74. The van der Waals surface area contributed by atoms with E-state index in [4.69, 9.17) is 4.98 Å². The second kappa shape index (κ2) is 4.70. The summed E-state index contributed by atoms with van der Waals surface area (Å²) >= 11 is 1.72. The van der Waals surface area contributed by atoms with Gasteiger partial charge in [-0.2, -0.15) is 5.10 Å². The van der Waals surface area contributed by atoms with Gasteiger partial charge in [0.1, 0.15) is 0 Å². The third-order valence-electron chi connectivity index (χ3n) is 3.17. The van der Waals surface area contributed by atoms with Gasteiger partial charge in [0, 0.05) is 50.4 Å². The van der Waals surface area contributed by atoms with Gasteiger partial charge in [0.15, 0.2) is 5.13 Å². The fraction of sp³-hybridized carbons (Fsp3) is 0.500. The topological polar surface area (TPSA) is 46.0 Å². The Morgan fingerprint density at radius 1 is 1.33 bits per heavy atom. The zero-order chi connectivity index (χ0) is 12.5. The lowest BCUT2D eigenvalue weighted by atomic mass is 10.2. The van der Waals surface area contributed by atoms with Crippen molar-refractivity contribution in [1.82, 2.24) is 20.1 Å². The summed E-state index contributed by atoms with van der Waals surface area (Å²) in [5.41, 5.74) is 3.21. The van der Waals surface area contributed by atoms with E-state index < -0.39 is 0 Å². The lowest BCUT2D eigenvalue weighted by Gasteiger charge is -2.26. The Hall–Kier alpha value is -1.40. The Morgan fingerprint density at radius 3 is 2.78 bits per heavy atom. The smallest absolute Gasteiger partial charge is 0.185 e. The summed E-state index contributed by atoms with van der Waals surface area (Å²) in [7, 11) is 1.94. The highest BCUT2D eigenvalue weighted by atomic mass is 32.1. The first-order valence-corrected chi connectivity index (χ1v) is 7.04. The van der Waals surface area contributed by atoms with Crippen LogP contribution in [0.25, 0.3) is 11.3 Å². The number of hydrogen-bond acceptors (Lipinski definition) is 5. The van der Waals surface area contributed by atoms with Crippen LogP contribution in [0.1, 0.15) is 5.69 Å². The van der Waals surface area contributed by atoms with Crippen LogP contribution in [0.5, 0.6) is 0 Å². The summed E-state index contributed by atoms with van der Waals surface area (Å²) in [6.07, 6.45) is 2.03. The molecule has 0 aliphatic carbocycles. The van der Waals surface area contributed by atoms with E-state index in [-0.39, 0.29) is 0 Å². The van der Waals surface area contributed by atoms with Crippen molar-refractivity contribution < 1.29 is 0 Å². The molecule has 1 N–H and O–H groups in total. The van der Waals surface area contributed by atoms with Crippen molar-refractivity contribution in [3.05, 3.63) is 17.3 Å². The Labute approximate surface area is 110 Å². The van der Waals surface area contributed by atoms with E-state index in [0.29, 0.717) is 0 Å². The number of aromatic nitrogens is 3. The summed E-state index contributed by atoms with van der Waals surface area (Å²) in [5.74, 6) is 0. The van der Waals surface area contributed by atoms with Gasteiger partial charge in [-0.05, 0) is 6.92 Å². The van der Waals surface area contributed by atoms with Gasteiger partial charge in [0.05, 0.1) is 11.4 Å². The van der Waals surface area contributed by atoms with Gasteiger partial charge in [-0.15, -0.1) is 11.3 Å². The van der Waals surface area contributed by atoms with E-state index in [1.807, 2.05) is 24.9 Å². The van der Waals surface area contributed by atoms with Crippen LogP contribution < -0.4 is 10.2 Å². The van der Waals surface area contributed by atoms with Crippen molar-refractivity contribution in [3.8, 4) is 11.3 Å². The average molecular weight is 263 g/mol. The molecular weight excluding hydrogens is 246 g/mol. The molecule has 3 rings (SSSR count). The minimum absolute atomic E-state index is 1.04. The highest BCUT2D eigenvalue weighted by Gasteiger charge is 2.16. The molecule has 0 spiro atoms. The van der Waals surface area contributed by atoms with Crippen molar-refractivity contribution in [2.75, 3.05) is 31.1 Å². The number of nitrogens with zero attached hydrogens (tertiary/aromatic N) is 4. The largest absolute Gasteiger partial charge is 0.346 e. The van der Waals surface area contributed by atoms with E-state index in [1.54, 1.807) is 11.3 Å². The van der Waals surface area contributed by atoms with Gasteiger partial charge in [-0.3, -0.25) is 4.68 Å². The lowest BCUT2D eigenvalue weighted by Crippen LogP contribution is -2.43. The van der Waals surface area contributed by atoms with Crippen LogP contribution in [0.3, 0.4) is 0 Å². The molecule has 3 heterocycles. The standard InChI is InChI=1S/C12H17N5S/c1-9-10(7-16(2)15-9)11-8-18-12(14-11)17-5-3-13-4-6-17/h7-8,13H,3-6H2,1-2H3. The number of anilines is 1. The first-order valence-electron chi connectivity index (χ1n) is 6.16. The predicted molar refractivity (Wildman–Crippen MR) is 74.1 cm³/mol. The van der Waals surface area contributed by atoms with E-state index in [0.717, 1.165) is 48.3 Å². The summed E-state index contributed by atoms with van der Waals surface area (Å²) in [5, 5.41) is 11.0. The number of aryl methyl sites for hydroxylation is 2. The van der Waals surface area contributed by atoms with Gasteiger partial charge < -0.3 is 10.2 Å². The maximum Gasteiger partial charge on any atom is 0.185 e. The molecule has 0 radical (unpaired) electrons. The van der Waals surface area contributed by atoms with Gasteiger partial charge in [-0.25, -0.2) is 4.98 Å². The summed E-state index contributed by atoms with van der Waals surface area (Å²) < 4.78 is 1.84. The molecule has 6 heteroatoms. The molecule has 1 fully saturated rings. The van der Waals surface area contributed by atoms with Gasteiger partial charge >= 0.3 is 0 Å². The molecule has 0 aromatic carbocycles. The highest BCUT2D eigenvalue weighted by molar-refractivity contribution is 7.14. The van der Waals surface area contributed by atoms with Crippen LogP contribution in [-0.4, -0.2) is 40.9 Å². The molecule has 2 aromatic heterocycles. The molecule has 1 aliphatic heterocycles. The molecule has 0 amide bonds. The molecule has 0 bridgehead atoms. The zero-order valence-corrected chi connectivity index (χ0v) is 11.5. The third-order valence-corrected chi connectivity index (χ3v) is 4.07. The van der Waals surface area contributed by atoms with Crippen LogP contribution in [0.2, 0.25) is 0 Å². The number of piperazine rings is 1. The quantitative estimate of drug-likeness (QED) is 0.886. The number of rotatable bonds is 2. The van der Waals surface area contributed by atoms with Crippen LogP contribution in [-0.2, 0) is 7.05 Å². The first kappa shape index (κ1) is 11.7. The second-order valence-electron chi connectivity index (χ2n) is 4.55. The molecular formula is C12H17N5S. The number of nitrogens with one attached hydrogen (secondary N) is 1. The van der Waals surface area contributed by atoms with Crippen LogP contribution >= 0.6 is 11.3 Å². The van der Waals surface area contributed by atoms with Crippen molar-refractivity contribution >= 4 is 16.5 Å². The van der Waals surface area contributed by atoms with E-state index in [2.05, 4.69) is 20.7 Å². The van der Waals surface area contributed by atoms with Crippen molar-refractivity contribution in [2.24, 2.45) is 7.05 Å². The molecule has 2 aromatic rings. The lowest BCUT2D eigenvalue weighted by molar-refractivity contribution is 0.588. The Morgan fingerprint density at radius 2 is 2.11 bits per heavy atom. The monoisotopic (exact) mass is 263 g/mol. The van der Waals surface area contributed by atoms with Gasteiger partial charge in [-0.1, -0.05) is 0 Å². The molecule has 5 nitrogen and oxygen atoms in total. The number of thiazole rings is 1. The Bertz CT molecular complexity index is 538. The maximum absolute atomic E-state index is 4.74. The second-order valence-corrected chi connectivity index (χ2v) is 5.39. The minimum atomic E-state index is 1.04. The van der Waals surface area contributed by atoms with Crippen LogP contribution in [0.4, 0.5) is 5.13 Å². The summed E-state index contributed by atoms with van der Waals surface area (Å²) in [6, 6.07) is 0. The number of hydrogen-bond donors (Lipinski definition) is 1. The van der Waals surface area contributed by atoms with E-state index >= 15 is 0 Å². The highest BCUT2D eigenvalue weighted by Crippen LogP contribution is 2.28. The van der Waals surface area contributed by atoms with E-state index in [9.17, 15) is 0 Å². The van der Waals surface area contributed by atoms with Crippen molar-refractivity contribution in [1.29, 1.82) is 0 Å². The first-order chi connectivity index (χ1) is 8.74.